The number of hydrogen-bond donors (Lipinski definition) is 0. The molecule has 0 radical (unpaired) electrons. The minimum Gasteiger partial charge on any atom is -0.361 e. The highest BCUT2D eigenvalue weighted by Crippen LogP contribution is 2.41. The zero-order valence-electron chi connectivity index (χ0n) is 13.3. The molecule has 0 aromatic heterocycles. The molecule has 1 unspecified atom stereocenters. The maximum absolute atomic E-state index is 12.6. The van der Waals surface area contributed by atoms with Gasteiger partial charge in [-0.3, -0.25) is 9.69 Å². The van der Waals surface area contributed by atoms with Crippen LogP contribution in [-0.2, 0) is 9.53 Å². The van der Waals surface area contributed by atoms with Gasteiger partial charge in [-0.25, -0.2) is 0 Å². The van der Waals surface area contributed by atoms with Gasteiger partial charge in [0.1, 0.15) is 5.60 Å². The normalized spacial score (nSPS) is 29.5. The maximum atomic E-state index is 12.6. The Kier molecular flexibility index (Phi) is 3.83. The maximum Gasteiger partial charge on any atom is 0.171 e. The predicted molar refractivity (Wildman–Crippen MR) is 77.2 cm³/mol. The molecule has 1 aliphatic carbocycles. The largest absolute Gasteiger partial charge is 0.361 e. The summed E-state index contributed by atoms with van der Waals surface area (Å²) in [7, 11) is 0. The lowest BCUT2D eigenvalue weighted by Gasteiger charge is -2.31. The van der Waals surface area contributed by atoms with Crippen LogP contribution in [0.25, 0.3) is 0 Å². The van der Waals surface area contributed by atoms with Crippen LogP contribution in [0.15, 0.2) is 0 Å². The number of carbonyl (C=O) groups excluding carboxylic acids is 1. The van der Waals surface area contributed by atoms with Gasteiger partial charge in [0, 0.05) is 19.1 Å². The van der Waals surface area contributed by atoms with E-state index >= 15 is 0 Å². The zero-order valence-corrected chi connectivity index (χ0v) is 13.3. The molecule has 2 aliphatic rings. The van der Waals surface area contributed by atoms with E-state index in [0.29, 0.717) is 12.0 Å². The standard InChI is InChI=1S/C16H29NO2/c1-11(2)9-17(12-7-8-12)10-13-14(18)16(5,6)19-15(13,3)4/h11-13H,7-10H2,1-6H3. The summed E-state index contributed by atoms with van der Waals surface area (Å²) in [5.74, 6) is 0.919. The summed E-state index contributed by atoms with van der Waals surface area (Å²) in [4.78, 5) is 15.1. The summed E-state index contributed by atoms with van der Waals surface area (Å²) in [6.45, 7) is 14.4. The number of rotatable bonds is 5. The summed E-state index contributed by atoms with van der Waals surface area (Å²) in [5.41, 5.74) is -0.966. The van der Waals surface area contributed by atoms with Crippen LogP contribution in [0.3, 0.4) is 0 Å². The second kappa shape index (κ2) is 4.85. The molecule has 3 nitrogen and oxygen atoms in total. The van der Waals surface area contributed by atoms with Crippen molar-refractivity contribution in [2.45, 2.75) is 71.6 Å². The number of ether oxygens (including phenoxy) is 1. The van der Waals surface area contributed by atoms with Crippen LogP contribution in [0.5, 0.6) is 0 Å². The van der Waals surface area contributed by atoms with E-state index in [4.69, 9.17) is 4.74 Å². The van der Waals surface area contributed by atoms with Gasteiger partial charge in [-0.1, -0.05) is 13.8 Å². The molecule has 110 valence electrons. The molecule has 0 N–H and O–H groups in total. The third-order valence-electron chi connectivity index (χ3n) is 4.35. The lowest BCUT2D eigenvalue weighted by Crippen LogP contribution is -2.43. The van der Waals surface area contributed by atoms with Gasteiger partial charge in [0.05, 0.1) is 11.5 Å². The Balaban J connectivity index is 2.09. The van der Waals surface area contributed by atoms with Crippen LogP contribution in [0.2, 0.25) is 0 Å². The van der Waals surface area contributed by atoms with Gasteiger partial charge in [-0.15, -0.1) is 0 Å². The Morgan fingerprint density at radius 2 is 1.84 bits per heavy atom. The minimum atomic E-state index is -0.624. The van der Waals surface area contributed by atoms with Crippen molar-refractivity contribution in [3.63, 3.8) is 0 Å². The van der Waals surface area contributed by atoms with E-state index in [2.05, 4.69) is 32.6 Å². The second-order valence-electron chi connectivity index (χ2n) is 7.71. The van der Waals surface area contributed by atoms with Gasteiger partial charge in [0.2, 0.25) is 0 Å². The first kappa shape index (κ1) is 15.0. The molecular weight excluding hydrogens is 238 g/mol. The highest BCUT2D eigenvalue weighted by Gasteiger charge is 2.54. The highest BCUT2D eigenvalue weighted by atomic mass is 16.5. The molecule has 3 heteroatoms. The molecule has 0 spiro atoms. The molecule has 2 rings (SSSR count). The van der Waals surface area contributed by atoms with Gasteiger partial charge < -0.3 is 4.74 Å². The van der Waals surface area contributed by atoms with Crippen molar-refractivity contribution < 1.29 is 9.53 Å². The first-order valence-corrected chi connectivity index (χ1v) is 7.62. The molecule has 1 heterocycles. The molecule has 19 heavy (non-hydrogen) atoms. The summed E-state index contributed by atoms with van der Waals surface area (Å²) >= 11 is 0. The molecule has 0 aromatic rings. The monoisotopic (exact) mass is 267 g/mol. The SMILES string of the molecule is CC(C)CN(CC1C(=O)C(C)(C)OC1(C)C)C1CC1. The van der Waals surface area contributed by atoms with Crippen LogP contribution < -0.4 is 0 Å². The van der Waals surface area contributed by atoms with E-state index in [1.54, 1.807) is 0 Å². The number of ketones is 1. The Labute approximate surface area is 117 Å². The lowest BCUT2D eigenvalue weighted by atomic mass is 9.85. The first-order valence-electron chi connectivity index (χ1n) is 7.62. The van der Waals surface area contributed by atoms with Crippen LogP contribution in [0.4, 0.5) is 0 Å². The molecule has 0 aromatic carbocycles. The summed E-state index contributed by atoms with van der Waals surface area (Å²) < 4.78 is 5.99. The summed E-state index contributed by atoms with van der Waals surface area (Å²) in [6.07, 6.45) is 2.58. The number of nitrogens with zero attached hydrogens (tertiary/aromatic N) is 1. The minimum absolute atomic E-state index is 0.00171. The summed E-state index contributed by atoms with van der Waals surface area (Å²) in [5, 5.41) is 0. The Hall–Kier alpha value is -0.410. The fraction of sp³-hybridized carbons (Fsp3) is 0.938. The van der Waals surface area contributed by atoms with E-state index < -0.39 is 5.60 Å². The molecule has 1 saturated heterocycles. The fourth-order valence-corrected chi connectivity index (χ4v) is 3.33. The van der Waals surface area contributed by atoms with E-state index in [-0.39, 0.29) is 17.3 Å². The van der Waals surface area contributed by atoms with E-state index in [1.807, 2.05) is 13.8 Å². The van der Waals surface area contributed by atoms with Crippen molar-refractivity contribution in [1.29, 1.82) is 0 Å². The quantitative estimate of drug-likeness (QED) is 0.767. The van der Waals surface area contributed by atoms with Gasteiger partial charge in [-0.2, -0.15) is 0 Å². The van der Waals surface area contributed by atoms with Crippen LogP contribution in [0.1, 0.15) is 54.4 Å². The third-order valence-corrected chi connectivity index (χ3v) is 4.35. The number of Topliss-reactive ketones (excluding diaryl/α,β-unsaturated/α-hetero) is 1. The fourth-order valence-electron chi connectivity index (χ4n) is 3.33. The Morgan fingerprint density at radius 1 is 1.26 bits per heavy atom. The molecule has 1 aliphatic heterocycles. The van der Waals surface area contributed by atoms with E-state index in [0.717, 1.165) is 13.1 Å². The molecule has 2 fully saturated rings. The smallest absolute Gasteiger partial charge is 0.171 e. The number of hydrogen-bond acceptors (Lipinski definition) is 3. The average Bonchev–Trinajstić information content (AvgIpc) is 3.01. The third kappa shape index (κ3) is 3.19. The van der Waals surface area contributed by atoms with Crippen molar-refractivity contribution in [2.24, 2.45) is 11.8 Å². The Morgan fingerprint density at radius 3 is 2.21 bits per heavy atom. The van der Waals surface area contributed by atoms with Gasteiger partial charge in [-0.05, 0) is 46.5 Å². The Bertz CT molecular complexity index is 356. The van der Waals surface area contributed by atoms with Crippen molar-refractivity contribution >= 4 is 5.78 Å². The van der Waals surface area contributed by atoms with Gasteiger partial charge in [0.25, 0.3) is 0 Å². The summed E-state index contributed by atoms with van der Waals surface area (Å²) in [6, 6.07) is 0.703. The second-order valence-corrected chi connectivity index (χ2v) is 7.71. The van der Waals surface area contributed by atoms with Gasteiger partial charge >= 0.3 is 0 Å². The van der Waals surface area contributed by atoms with Crippen molar-refractivity contribution in [3.8, 4) is 0 Å². The van der Waals surface area contributed by atoms with Crippen LogP contribution >= 0.6 is 0 Å². The predicted octanol–water partition coefficient (Wildman–Crippen LogP) is 2.88. The van der Waals surface area contributed by atoms with Crippen molar-refractivity contribution in [2.75, 3.05) is 13.1 Å². The van der Waals surface area contributed by atoms with Crippen LogP contribution in [0, 0.1) is 11.8 Å². The molecule has 1 saturated carbocycles. The molecule has 0 bridgehead atoms. The van der Waals surface area contributed by atoms with Crippen LogP contribution in [-0.4, -0.2) is 41.0 Å². The number of carbonyl (C=O) groups is 1. The highest BCUT2D eigenvalue weighted by molar-refractivity contribution is 5.91. The first-order chi connectivity index (χ1) is 8.63. The van der Waals surface area contributed by atoms with Crippen molar-refractivity contribution in [1.82, 2.24) is 4.90 Å². The topological polar surface area (TPSA) is 29.5 Å². The molecular formula is C16H29NO2. The lowest BCUT2D eigenvalue weighted by molar-refractivity contribution is -0.132. The van der Waals surface area contributed by atoms with Gasteiger partial charge in [0.15, 0.2) is 5.78 Å². The van der Waals surface area contributed by atoms with Crippen molar-refractivity contribution in [3.05, 3.63) is 0 Å². The molecule has 1 atom stereocenters. The van der Waals surface area contributed by atoms with E-state index in [9.17, 15) is 4.79 Å². The van der Waals surface area contributed by atoms with E-state index in [1.165, 1.54) is 12.8 Å². The average molecular weight is 267 g/mol. The zero-order chi connectivity index (χ0) is 14.4. The molecule has 0 amide bonds.